The number of nitrogens with zero attached hydrogens (tertiary/aromatic N) is 2. The van der Waals surface area contributed by atoms with Crippen LogP contribution in [-0.2, 0) is 11.3 Å². The van der Waals surface area contributed by atoms with Crippen molar-refractivity contribution in [1.29, 1.82) is 0 Å². The first kappa shape index (κ1) is 19.2. The van der Waals surface area contributed by atoms with Crippen LogP contribution in [0.5, 0.6) is 0 Å². The number of aromatic nitrogens is 2. The van der Waals surface area contributed by atoms with E-state index in [1.165, 1.54) is 6.07 Å². The maximum absolute atomic E-state index is 14.2. The molecule has 1 aromatic heterocycles. The van der Waals surface area contributed by atoms with Crippen LogP contribution in [-0.4, -0.2) is 21.7 Å². The molecule has 1 aromatic carbocycles. The molecule has 1 N–H and O–H groups in total. The van der Waals surface area contributed by atoms with Gasteiger partial charge in [-0.05, 0) is 42.9 Å². The Balaban J connectivity index is 1.91. The first-order valence-corrected chi connectivity index (χ1v) is 9.11. The number of halogens is 2. The van der Waals surface area contributed by atoms with Crippen LogP contribution in [0.25, 0.3) is 11.1 Å². The minimum atomic E-state index is -0.630. The zero-order valence-corrected chi connectivity index (χ0v) is 15.6. The fourth-order valence-corrected chi connectivity index (χ4v) is 3.39. The molecule has 3 rings (SSSR count). The molecule has 5 nitrogen and oxygen atoms in total. The molecule has 1 fully saturated rings. The Kier molecular flexibility index (Phi) is 5.39. The van der Waals surface area contributed by atoms with E-state index in [4.69, 9.17) is 0 Å². The molecule has 27 heavy (non-hydrogen) atoms. The summed E-state index contributed by atoms with van der Waals surface area (Å²) < 4.78 is 28.9. The van der Waals surface area contributed by atoms with E-state index in [0.717, 1.165) is 35.7 Å². The fourth-order valence-electron chi connectivity index (χ4n) is 3.39. The van der Waals surface area contributed by atoms with Crippen LogP contribution in [0.15, 0.2) is 29.1 Å². The van der Waals surface area contributed by atoms with E-state index in [0.29, 0.717) is 11.6 Å². The van der Waals surface area contributed by atoms with Crippen LogP contribution in [0.1, 0.15) is 45.2 Å². The van der Waals surface area contributed by atoms with Crippen molar-refractivity contribution in [1.82, 2.24) is 15.1 Å². The van der Waals surface area contributed by atoms with E-state index in [-0.39, 0.29) is 35.5 Å². The highest BCUT2D eigenvalue weighted by molar-refractivity contribution is 5.76. The smallest absolute Gasteiger partial charge is 0.267 e. The highest BCUT2D eigenvalue weighted by Crippen LogP contribution is 2.29. The Bertz CT molecular complexity index is 918. The average Bonchev–Trinajstić information content (AvgIpc) is 2.57. The molecule has 1 saturated carbocycles. The zero-order valence-electron chi connectivity index (χ0n) is 15.6. The van der Waals surface area contributed by atoms with Gasteiger partial charge < -0.3 is 5.32 Å². The third kappa shape index (κ3) is 4.23. The Hall–Kier alpha value is -2.57. The lowest BCUT2D eigenvalue weighted by atomic mass is 9.82. The topological polar surface area (TPSA) is 64.0 Å². The van der Waals surface area contributed by atoms with Gasteiger partial charge in [0.1, 0.15) is 18.2 Å². The van der Waals surface area contributed by atoms with Crippen LogP contribution < -0.4 is 10.9 Å². The quantitative estimate of drug-likeness (QED) is 0.873. The third-order valence-electron chi connectivity index (χ3n) is 4.82. The Morgan fingerprint density at radius 3 is 2.59 bits per heavy atom. The monoisotopic (exact) mass is 375 g/mol. The molecule has 0 radical (unpaired) electrons. The Morgan fingerprint density at radius 1 is 1.26 bits per heavy atom. The van der Waals surface area contributed by atoms with E-state index in [9.17, 15) is 18.4 Å². The summed E-state index contributed by atoms with van der Waals surface area (Å²) >= 11 is 0. The van der Waals surface area contributed by atoms with Gasteiger partial charge in [-0.1, -0.05) is 20.8 Å². The molecule has 2 aromatic rings. The summed E-state index contributed by atoms with van der Waals surface area (Å²) in [6.07, 6.45) is 1.87. The Morgan fingerprint density at radius 2 is 1.96 bits per heavy atom. The lowest BCUT2D eigenvalue weighted by molar-refractivity contribution is -0.123. The summed E-state index contributed by atoms with van der Waals surface area (Å²) in [4.78, 5) is 24.6. The average molecular weight is 375 g/mol. The minimum Gasteiger partial charge on any atom is -0.352 e. The molecule has 1 heterocycles. The van der Waals surface area contributed by atoms with Crippen LogP contribution in [0.4, 0.5) is 8.78 Å². The molecular weight excluding hydrogens is 352 g/mol. The second-order valence-corrected chi connectivity index (χ2v) is 7.56. The second-order valence-electron chi connectivity index (χ2n) is 7.56. The van der Waals surface area contributed by atoms with Crippen molar-refractivity contribution < 1.29 is 13.6 Å². The summed E-state index contributed by atoms with van der Waals surface area (Å²) in [5.74, 6) is -1.05. The van der Waals surface area contributed by atoms with E-state index in [1.807, 2.05) is 13.8 Å². The van der Waals surface area contributed by atoms with E-state index in [2.05, 4.69) is 17.3 Å². The van der Waals surface area contributed by atoms with Crippen LogP contribution in [0.2, 0.25) is 0 Å². The second kappa shape index (κ2) is 7.58. The van der Waals surface area contributed by atoms with E-state index in [1.54, 1.807) is 0 Å². The normalized spacial score (nSPS) is 19.0. The molecule has 0 saturated heterocycles. The molecule has 0 unspecified atom stereocenters. The first-order valence-electron chi connectivity index (χ1n) is 9.11. The molecule has 1 aliphatic carbocycles. The van der Waals surface area contributed by atoms with Gasteiger partial charge in [0, 0.05) is 23.2 Å². The molecule has 0 spiro atoms. The third-order valence-corrected chi connectivity index (χ3v) is 4.82. The van der Waals surface area contributed by atoms with Crippen LogP contribution in [0.3, 0.4) is 0 Å². The number of benzene rings is 1. The van der Waals surface area contributed by atoms with Gasteiger partial charge in [-0.15, -0.1) is 0 Å². The van der Waals surface area contributed by atoms with Gasteiger partial charge in [0.2, 0.25) is 5.91 Å². The molecule has 0 bridgehead atoms. The van der Waals surface area contributed by atoms with Crippen molar-refractivity contribution in [3.63, 3.8) is 0 Å². The fraction of sp³-hybridized carbons (Fsp3) is 0.450. The van der Waals surface area contributed by atoms with Crippen molar-refractivity contribution in [2.45, 2.75) is 52.1 Å². The predicted molar refractivity (Wildman–Crippen MR) is 98.3 cm³/mol. The first-order chi connectivity index (χ1) is 12.7. The minimum absolute atomic E-state index is 0.0108. The molecule has 144 valence electrons. The van der Waals surface area contributed by atoms with Crippen molar-refractivity contribution in [3.8, 4) is 11.1 Å². The number of carbonyl (C=O) groups is 1. The summed E-state index contributed by atoms with van der Waals surface area (Å²) in [6, 6.07) is 4.46. The van der Waals surface area contributed by atoms with Gasteiger partial charge in [-0.25, -0.2) is 13.5 Å². The molecule has 0 aliphatic heterocycles. The van der Waals surface area contributed by atoms with Crippen molar-refractivity contribution >= 4 is 5.91 Å². The molecule has 0 atom stereocenters. The van der Waals surface area contributed by atoms with Gasteiger partial charge in [0.15, 0.2) is 0 Å². The number of rotatable bonds is 5. The summed E-state index contributed by atoms with van der Waals surface area (Å²) in [6.45, 7) is 5.60. The maximum atomic E-state index is 14.2. The number of nitrogens with one attached hydrogen (secondary N) is 1. The zero-order chi connectivity index (χ0) is 19.7. The predicted octanol–water partition coefficient (Wildman–Crippen LogP) is 3.23. The number of hydrogen-bond donors (Lipinski definition) is 1. The van der Waals surface area contributed by atoms with Gasteiger partial charge in [-0.3, -0.25) is 9.59 Å². The molecule has 1 aliphatic rings. The lowest BCUT2D eigenvalue weighted by Gasteiger charge is -2.33. The van der Waals surface area contributed by atoms with Crippen LogP contribution in [0, 0.1) is 17.6 Å². The Labute approximate surface area is 156 Å². The molecule has 7 heteroatoms. The number of amides is 1. The van der Waals surface area contributed by atoms with Crippen molar-refractivity contribution in [3.05, 3.63) is 51.9 Å². The largest absolute Gasteiger partial charge is 0.352 e. The summed E-state index contributed by atoms with van der Waals surface area (Å²) in [5.41, 5.74) is 0.138. The number of hydrogen-bond acceptors (Lipinski definition) is 3. The van der Waals surface area contributed by atoms with Gasteiger partial charge in [-0.2, -0.15) is 5.10 Å². The standard InChI is InChI=1S/C20H23F2N3O2/c1-11(2)20-16(15-8-13(21)4-5-17(15)22)9-19(27)25(24-20)10-18(26)23-14-6-12(3)7-14/h4-5,8-9,11-12,14H,6-7,10H2,1-3H3,(H,23,26)/t12-,14-. The van der Waals surface area contributed by atoms with E-state index >= 15 is 0 Å². The maximum Gasteiger partial charge on any atom is 0.267 e. The van der Waals surface area contributed by atoms with Crippen molar-refractivity contribution in [2.24, 2.45) is 5.92 Å². The molecular formula is C20H23F2N3O2. The highest BCUT2D eigenvalue weighted by atomic mass is 19.1. The number of carbonyl (C=O) groups excluding carboxylic acids is 1. The lowest BCUT2D eigenvalue weighted by Crippen LogP contribution is -2.45. The van der Waals surface area contributed by atoms with Gasteiger partial charge in [0.05, 0.1) is 5.69 Å². The van der Waals surface area contributed by atoms with E-state index < -0.39 is 17.2 Å². The SMILES string of the molecule is CC(C)c1nn(CC(=O)N[C@H]2C[C@H](C)C2)c(=O)cc1-c1cc(F)ccc1F. The highest BCUT2D eigenvalue weighted by Gasteiger charge is 2.27. The van der Waals surface area contributed by atoms with Gasteiger partial charge in [0.25, 0.3) is 5.56 Å². The summed E-state index contributed by atoms with van der Waals surface area (Å²) in [5, 5.41) is 7.16. The van der Waals surface area contributed by atoms with Crippen LogP contribution >= 0.6 is 0 Å². The van der Waals surface area contributed by atoms with Crippen molar-refractivity contribution in [2.75, 3.05) is 0 Å². The summed E-state index contributed by atoms with van der Waals surface area (Å²) in [7, 11) is 0. The molecule has 1 amide bonds. The van der Waals surface area contributed by atoms with Gasteiger partial charge >= 0.3 is 0 Å².